The van der Waals surface area contributed by atoms with Gasteiger partial charge in [0.15, 0.2) is 0 Å². The number of fused-ring (bicyclic) bond motifs is 3. The lowest BCUT2D eigenvalue weighted by Gasteiger charge is -2.30. The smallest absolute Gasteiger partial charge is 0.340 e. The van der Waals surface area contributed by atoms with Gasteiger partial charge in [0.25, 0.3) is 0 Å². The molecule has 0 spiro atoms. The first-order valence-electron chi connectivity index (χ1n) is 10.9. The van der Waals surface area contributed by atoms with Crippen LogP contribution in [0.5, 0.6) is 5.75 Å². The molecule has 0 atom stereocenters. The summed E-state index contributed by atoms with van der Waals surface area (Å²) in [5, 5.41) is 1.30. The topological polar surface area (TPSA) is 42.7 Å². The highest BCUT2D eigenvalue weighted by Crippen LogP contribution is 2.39. The van der Waals surface area contributed by atoms with Crippen LogP contribution in [0.15, 0.2) is 69.9 Å². The molecule has 1 aromatic heterocycles. The number of nitrogens with zero attached hydrogens (tertiary/aromatic N) is 1. The monoisotopic (exact) mass is 463 g/mol. The Morgan fingerprint density at radius 2 is 1.85 bits per heavy atom. The van der Waals surface area contributed by atoms with Crippen molar-refractivity contribution in [1.82, 2.24) is 4.90 Å². The van der Waals surface area contributed by atoms with Crippen molar-refractivity contribution in [1.29, 1.82) is 0 Å². The Labute approximate surface area is 196 Å². The Morgan fingerprint density at radius 3 is 2.64 bits per heavy atom. The summed E-state index contributed by atoms with van der Waals surface area (Å²) in [4.78, 5) is 15.0. The Hall–Kier alpha value is -3.15. The van der Waals surface area contributed by atoms with E-state index < -0.39 is 0 Å². The summed E-state index contributed by atoms with van der Waals surface area (Å²) in [5.74, 6) is 0.335. The normalized spacial score (nSPS) is 13.7. The van der Waals surface area contributed by atoms with Crippen molar-refractivity contribution in [3.05, 3.63) is 110 Å². The zero-order valence-corrected chi connectivity index (χ0v) is 19.0. The second kappa shape index (κ2) is 9.00. The van der Waals surface area contributed by atoms with Crippen LogP contribution in [-0.2, 0) is 19.4 Å². The molecule has 2 heterocycles. The average Bonchev–Trinajstić information content (AvgIpc) is 2.83. The summed E-state index contributed by atoms with van der Waals surface area (Å²) < 4.78 is 25.8. The quantitative estimate of drug-likeness (QED) is 0.347. The summed E-state index contributed by atoms with van der Waals surface area (Å²) in [6.07, 6.45) is 1.04. The average molecular weight is 464 g/mol. The number of ether oxygens (including phenoxy) is 1. The number of halogens is 2. The van der Waals surface area contributed by atoms with Gasteiger partial charge in [-0.25, -0.2) is 9.18 Å². The van der Waals surface area contributed by atoms with E-state index in [1.54, 1.807) is 12.1 Å². The molecular formula is C27H23ClFNO3. The Morgan fingerprint density at radius 1 is 1.09 bits per heavy atom. The molecule has 0 N–H and O–H groups in total. The molecule has 0 bridgehead atoms. The van der Waals surface area contributed by atoms with Crippen LogP contribution in [0, 0.1) is 12.7 Å². The fraction of sp³-hybridized carbons (Fsp3) is 0.222. The molecule has 33 heavy (non-hydrogen) atoms. The molecule has 4 aromatic rings. The van der Waals surface area contributed by atoms with E-state index in [1.165, 1.54) is 6.07 Å². The number of rotatable bonds is 5. The first kappa shape index (κ1) is 21.7. The van der Waals surface area contributed by atoms with Crippen molar-refractivity contribution >= 4 is 22.6 Å². The summed E-state index contributed by atoms with van der Waals surface area (Å²) in [6, 6.07) is 18.4. The highest BCUT2D eigenvalue weighted by Gasteiger charge is 2.26. The summed E-state index contributed by atoms with van der Waals surface area (Å²) >= 11 is 6.57. The first-order chi connectivity index (χ1) is 16.0. The molecule has 168 valence electrons. The molecule has 0 unspecified atom stereocenters. The largest absolute Gasteiger partial charge is 0.476 e. The van der Waals surface area contributed by atoms with Crippen LogP contribution in [-0.4, -0.2) is 18.2 Å². The minimum absolute atomic E-state index is 0.211. The lowest BCUT2D eigenvalue weighted by Crippen LogP contribution is -2.34. The van der Waals surface area contributed by atoms with E-state index in [9.17, 15) is 9.18 Å². The zero-order valence-electron chi connectivity index (χ0n) is 18.2. The molecule has 0 saturated carbocycles. The van der Waals surface area contributed by atoms with E-state index in [1.807, 2.05) is 49.4 Å². The fourth-order valence-corrected chi connectivity index (χ4v) is 4.66. The molecule has 0 aliphatic carbocycles. The number of aryl methyl sites for hydroxylation is 1. The lowest BCUT2D eigenvalue weighted by molar-refractivity contribution is 0.0966. The molecule has 0 amide bonds. The predicted octanol–water partition coefficient (Wildman–Crippen LogP) is 5.88. The van der Waals surface area contributed by atoms with Gasteiger partial charge in [-0.05, 0) is 42.2 Å². The van der Waals surface area contributed by atoms with Crippen molar-refractivity contribution in [2.45, 2.75) is 26.3 Å². The van der Waals surface area contributed by atoms with Gasteiger partial charge in [0, 0.05) is 30.5 Å². The van der Waals surface area contributed by atoms with Crippen LogP contribution < -0.4 is 10.4 Å². The second-order valence-corrected chi connectivity index (χ2v) is 8.77. The summed E-state index contributed by atoms with van der Waals surface area (Å²) in [6.45, 7) is 3.37. The van der Waals surface area contributed by atoms with Crippen molar-refractivity contribution in [3.63, 3.8) is 0 Å². The van der Waals surface area contributed by atoms with Crippen LogP contribution in [0.4, 0.5) is 4.39 Å². The highest BCUT2D eigenvalue weighted by atomic mass is 35.5. The standard InChI is InChI=1S/C27H23ClFNO3/c1-17-20-14-23(28)26-22(15-30(16-32-26)12-11-19-9-5-6-10-24(19)29)25(20)33-27(31)21(17)13-18-7-3-2-4-8-18/h2-10,14H,11-13,15-16H2,1H3. The van der Waals surface area contributed by atoms with E-state index in [-0.39, 0.29) is 11.4 Å². The highest BCUT2D eigenvalue weighted by molar-refractivity contribution is 6.33. The van der Waals surface area contributed by atoms with Crippen LogP contribution in [0.1, 0.15) is 27.8 Å². The molecule has 3 aromatic carbocycles. The van der Waals surface area contributed by atoms with Crippen molar-refractivity contribution in [3.8, 4) is 5.75 Å². The molecule has 0 fully saturated rings. The van der Waals surface area contributed by atoms with Crippen molar-refractivity contribution in [2.75, 3.05) is 13.3 Å². The van der Waals surface area contributed by atoms with Gasteiger partial charge < -0.3 is 9.15 Å². The van der Waals surface area contributed by atoms with Crippen LogP contribution in [0.25, 0.3) is 11.0 Å². The molecule has 0 radical (unpaired) electrons. The maximum atomic E-state index is 14.0. The molecule has 6 heteroatoms. The van der Waals surface area contributed by atoms with Crippen molar-refractivity contribution in [2.24, 2.45) is 0 Å². The first-order valence-corrected chi connectivity index (χ1v) is 11.3. The third-order valence-corrected chi connectivity index (χ3v) is 6.51. The number of hydrogen-bond donors (Lipinski definition) is 0. The maximum absolute atomic E-state index is 14.0. The van der Waals surface area contributed by atoms with E-state index in [2.05, 4.69) is 4.90 Å². The summed E-state index contributed by atoms with van der Waals surface area (Å²) in [5.41, 5.74) is 4.09. The number of benzene rings is 3. The van der Waals surface area contributed by atoms with Crippen LogP contribution >= 0.6 is 11.6 Å². The van der Waals surface area contributed by atoms with E-state index in [0.717, 1.165) is 22.1 Å². The fourth-order valence-electron chi connectivity index (χ4n) is 4.39. The third kappa shape index (κ3) is 4.26. The van der Waals surface area contributed by atoms with Gasteiger partial charge in [-0.15, -0.1) is 0 Å². The van der Waals surface area contributed by atoms with Gasteiger partial charge >= 0.3 is 5.63 Å². The van der Waals surface area contributed by atoms with Gasteiger partial charge in [0.2, 0.25) is 0 Å². The van der Waals surface area contributed by atoms with E-state index in [4.69, 9.17) is 20.8 Å². The minimum atomic E-state index is -0.350. The Bertz CT molecular complexity index is 1380. The third-order valence-electron chi connectivity index (χ3n) is 6.23. The van der Waals surface area contributed by atoms with Crippen LogP contribution in [0.2, 0.25) is 5.02 Å². The van der Waals surface area contributed by atoms with Gasteiger partial charge in [-0.3, -0.25) is 4.90 Å². The predicted molar refractivity (Wildman–Crippen MR) is 127 cm³/mol. The number of hydrogen-bond acceptors (Lipinski definition) is 4. The SMILES string of the molecule is Cc1c(Cc2ccccc2)c(=O)oc2c3c(c(Cl)cc12)OCN(CCc1ccccc1F)C3. The van der Waals surface area contributed by atoms with Gasteiger partial charge in [-0.1, -0.05) is 60.1 Å². The molecule has 1 aliphatic rings. The molecule has 4 nitrogen and oxygen atoms in total. The van der Waals surface area contributed by atoms with Crippen LogP contribution in [0.3, 0.4) is 0 Å². The van der Waals surface area contributed by atoms with Gasteiger partial charge in [-0.2, -0.15) is 0 Å². The maximum Gasteiger partial charge on any atom is 0.340 e. The summed E-state index contributed by atoms with van der Waals surface area (Å²) in [7, 11) is 0. The Kier molecular flexibility index (Phi) is 5.92. The van der Waals surface area contributed by atoms with Gasteiger partial charge in [0.05, 0.1) is 10.6 Å². The minimum Gasteiger partial charge on any atom is -0.476 e. The van der Waals surface area contributed by atoms with Gasteiger partial charge in [0.1, 0.15) is 23.9 Å². The molecule has 5 rings (SSSR count). The molecule has 0 saturated heterocycles. The zero-order chi connectivity index (χ0) is 22.9. The lowest BCUT2D eigenvalue weighted by atomic mass is 9.97. The second-order valence-electron chi connectivity index (χ2n) is 8.37. The Balaban J connectivity index is 1.48. The van der Waals surface area contributed by atoms with Crippen molar-refractivity contribution < 1.29 is 13.5 Å². The van der Waals surface area contributed by atoms with E-state index in [0.29, 0.717) is 60.1 Å². The van der Waals surface area contributed by atoms with E-state index >= 15 is 0 Å². The molecule has 1 aliphatic heterocycles. The molecular weight excluding hydrogens is 441 g/mol.